The smallest absolute Gasteiger partial charge is 0.179 e. The van der Waals surface area contributed by atoms with Crippen LogP contribution in [0.4, 0.5) is 0 Å². The van der Waals surface area contributed by atoms with Gasteiger partial charge in [-0.2, -0.15) is 0 Å². The Morgan fingerprint density at radius 1 is 1.12 bits per heavy atom. The Bertz CT molecular complexity index is 742. The van der Waals surface area contributed by atoms with Crippen molar-refractivity contribution >= 4 is 5.78 Å². The largest absolute Gasteiger partial charge is 0.345 e. The third-order valence-corrected chi connectivity index (χ3v) is 5.65. The summed E-state index contributed by atoms with van der Waals surface area (Å²) >= 11 is 0. The maximum Gasteiger partial charge on any atom is 0.179 e. The number of ketones is 1. The predicted octanol–water partition coefficient (Wildman–Crippen LogP) is 4.63. The summed E-state index contributed by atoms with van der Waals surface area (Å²) in [4.78, 5) is 12.7. The van der Waals surface area contributed by atoms with E-state index in [-0.39, 0.29) is 5.78 Å². The molecule has 1 heterocycles. The summed E-state index contributed by atoms with van der Waals surface area (Å²) in [5.41, 5.74) is 10.8. The van der Waals surface area contributed by atoms with Crippen LogP contribution in [-0.4, -0.2) is 16.4 Å². The number of rotatable bonds is 7. The average Bonchev–Trinajstić information content (AvgIpc) is 3.19. The van der Waals surface area contributed by atoms with Crippen LogP contribution >= 0.6 is 0 Å². The molecule has 2 aromatic rings. The molecular weight excluding hydrogens is 320 g/mol. The molecule has 1 fully saturated rings. The highest BCUT2D eigenvalue weighted by Gasteiger charge is 2.26. The maximum absolute atomic E-state index is 12.7. The van der Waals surface area contributed by atoms with E-state index in [2.05, 4.69) is 48.7 Å². The van der Waals surface area contributed by atoms with Crippen molar-refractivity contribution < 1.29 is 4.79 Å². The van der Waals surface area contributed by atoms with Crippen molar-refractivity contribution in [2.24, 2.45) is 18.7 Å². The third-order valence-electron chi connectivity index (χ3n) is 5.65. The number of carbonyl (C=O) groups excluding carboxylic acids is 1. The number of Topliss-reactive ketones (excluding diaryl/α,β-unsaturated/α-hetero) is 1. The van der Waals surface area contributed by atoms with Crippen molar-refractivity contribution in [2.75, 3.05) is 0 Å². The molecule has 3 rings (SSSR count). The molecule has 2 N–H and O–H groups in total. The summed E-state index contributed by atoms with van der Waals surface area (Å²) in [6.45, 7) is 4.47. The Hall–Kier alpha value is -1.87. The van der Waals surface area contributed by atoms with E-state index in [9.17, 15) is 4.79 Å². The molecule has 0 unspecified atom stereocenters. The first-order valence-electron chi connectivity index (χ1n) is 9.96. The number of nitrogens with zero attached hydrogens (tertiary/aromatic N) is 1. The van der Waals surface area contributed by atoms with Gasteiger partial charge in [-0.25, -0.2) is 0 Å². The van der Waals surface area contributed by atoms with Crippen LogP contribution in [-0.2, 0) is 19.9 Å². The average molecular weight is 353 g/mol. The zero-order valence-electron chi connectivity index (χ0n) is 16.4. The Balaban J connectivity index is 1.59. The van der Waals surface area contributed by atoms with E-state index in [0.29, 0.717) is 24.3 Å². The second-order valence-corrected chi connectivity index (χ2v) is 8.31. The molecule has 0 aliphatic heterocycles. The molecule has 1 aromatic heterocycles. The molecule has 26 heavy (non-hydrogen) atoms. The van der Waals surface area contributed by atoms with Gasteiger partial charge in [-0.05, 0) is 61.3 Å². The molecule has 3 heteroatoms. The van der Waals surface area contributed by atoms with Gasteiger partial charge in [0, 0.05) is 31.1 Å². The van der Waals surface area contributed by atoms with Crippen molar-refractivity contribution in [2.45, 2.75) is 64.3 Å². The monoisotopic (exact) mass is 352 g/mol. The Morgan fingerprint density at radius 3 is 2.42 bits per heavy atom. The first-order chi connectivity index (χ1) is 12.4. The van der Waals surface area contributed by atoms with Gasteiger partial charge in [-0.1, -0.05) is 38.1 Å². The van der Waals surface area contributed by atoms with Crippen molar-refractivity contribution in [1.82, 2.24) is 4.57 Å². The van der Waals surface area contributed by atoms with E-state index < -0.39 is 0 Å². The lowest BCUT2D eigenvalue weighted by atomic mass is 10.00. The van der Waals surface area contributed by atoms with E-state index in [0.717, 1.165) is 37.8 Å². The Kier molecular flexibility index (Phi) is 5.98. The molecule has 0 spiro atoms. The molecular formula is C23H32N2O. The number of hydrogen-bond donors (Lipinski definition) is 1. The molecule has 1 aliphatic rings. The van der Waals surface area contributed by atoms with Crippen molar-refractivity contribution in [3.8, 4) is 0 Å². The molecule has 140 valence electrons. The van der Waals surface area contributed by atoms with Crippen LogP contribution in [0.5, 0.6) is 0 Å². The minimum Gasteiger partial charge on any atom is -0.345 e. The van der Waals surface area contributed by atoms with Gasteiger partial charge in [0.15, 0.2) is 5.78 Å². The van der Waals surface area contributed by atoms with Crippen molar-refractivity contribution in [3.63, 3.8) is 0 Å². The van der Waals surface area contributed by atoms with Gasteiger partial charge in [0.05, 0.1) is 5.69 Å². The summed E-state index contributed by atoms with van der Waals surface area (Å²) in [6.07, 6.45) is 5.73. The van der Waals surface area contributed by atoms with Gasteiger partial charge in [0.25, 0.3) is 0 Å². The summed E-state index contributed by atoms with van der Waals surface area (Å²) in [7, 11) is 2.02. The van der Waals surface area contributed by atoms with Gasteiger partial charge in [-0.15, -0.1) is 0 Å². The van der Waals surface area contributed by atoms with Gasteiger partial charge < -0.3 is 10.3 Å². The fraction of sp³-hybridized carbons (Fsp3) is 0.522. The summed E-state index contributed by atoms with van der Waals surface area (Å²) < 4.78 is 2.09. The second-order valence-electron chi connectivity index (χ2n) is 8.31. The van der Waals surface area contributed by atoms with Crippen LogP contribution in [0, 0.1) is 5.92 Å². The van der Waals surface area contributed by atoms with E-state index in [1.54, 1.807) is 0 Å². The van der Waals surface area contributed by atoms with Gasteiger partial charge >= 0.3 is 0 Å². The number of aryl methyl sites for hydroxylation is 1. The minimum absolute atomic E-state index is 0.229. The molecule has 1 aliphatic carbocycles. The fourth-order valence-corrected chi connectivity index (χ4v) is 4.20. The molecule has 1 aromatic carbocycles. The van der Waals surface area contributed by atoms with E-state index in [1.165, 1.54) is 16.8 Å². The number of carbonyl (C=O) groups is 1. The topological polar surface area (TPSA) is 48.0 Å². The lowest BCUT2D eigenvalue weighted by Crippen LogP contribution is -2.15. The standard InChI is InChI=1S/C23H32N2O/c1-16(2)14-18-6-4-17(5-7-18)8-13-23(26)22-12-11-21(25(22)3)19-9-10-20(24)15-19/h4-7,11-12,16,19-20H,8-10,13-15,24H2,1-3H3/t19-,20+/m0/s1. The quantitative estimate of drug-likeness (QED) is 0.738. The number of nitrogens with two attached hydrogens (primary N) is 1. The summed E-state index contributed by atoms with van der Waals surface area (Å²) in [5, 5.41) is 0. The fourth-order valence-electron chi connectivity index (χ4n) is 4.20. The number of hydrogen-bond acceptors (Lipinski definition) is 2. The molecule has 0 saturated heterocycles. The van der Waals surface area contributed by atoms with Crippen molar-refractivity contribution in [1.29, 1.82) is 0 Å². The Labute approximate surface area is 157 Å². The molecule has 0 amide bonds. The molecule has 3 nitrogen and oxygen atoms in total. The molecule has 0 radical (unpaired) electrons. The normalized spacial score (nSPS) is 20.0. The lowest BCUT2D eigenvalue weighted by Gasteiger charge is -2.13. The predicted molar refractivity (Wildman–Crippen MR) is 108 cm³/mol. The molecule has 1 saturated carbocycles. The Morgan fingerprint density at radius 2 is 1.81 bits per heavy atom. The zero-order valence-corrected chi connectivity index (χ0v) is 16.4. The van der Waals surface area contributed by atoms with E-state index >= 15 is 0 Å². The highest BCUT2D eigenvalue weighted by Crippen LogP contribution is 2.34. The highest BCUT2D eigenvalue weighted by molar-refractivity contribution is 5.95. The van der Waals surface area contributed by atoms with Gasteiger partial charge in [0.1, 0.15) is 0 Å². The van der Waals surface area contributed by atoms with Crippen LogP contribution in [0.3, 0.4) is 0 Å². The zero-order chi connectivity index (χ0) is 18.7. The molecule has 2 atom stereocenters. The second kappa shape index (κ2) is 8.22. The maximum atomic E-state index is 12.7. The minimum atomic E-state index is 0.229. The third kappa shape index (κ3) is 4.45. The van der Waals surface area contributed by atoms with Gasteiger partial charge in [0.2, 0.25) is 0 Å². The number of aromatic nitrogens is 1. The van der Waals surface area contributed by atoms with Crippen LogP contribution in [0.1, 0.15) is 72.8 Å². The van der Waals surface area contributed by atoms with Crippen LogP contribution in [0.2, 0.25) is 0 Å². The highest BCUT2D eigenvalue weighted by atomic mass is 16.1. The summed E-state index contributed by atoms with van der Waals surface area (Å²) in [6, 6.07) is 13.2. The van der Waals surface area contributed by atoms with Crippen LogP contribution in [0.25, 0.3) is 0 Å². The number of benzene rings is 1. The summed E-state index contributed by atoms with van der Waals surface area (Å²) in [5.74, 6) is 1.40. The van der Waals surface area contributed by atoms with Crippen LogP contribution < -0.4 is 5.73 Å². The SMILES string of the molecule is CC(C)Cc1ccc(CCC(=O)c2ccc([C@H]3CC[C@@H](N)C3)n2C)cc1. The first-order valence-corrected chi connectivity index (χ1v) is 9.96. The van der Waals surface area contributed by atoms with Gasteiger partial charge in [-0.3, -0.25) is 4.79 Å². The van der Waals surface area contributed by atoms with Crippen molar-refractivity contribution in [3.05, 3.63) is 58.9 Å². The van der Waals surface area contributed by atoms with Crippen LogP contribution in [0.15, 0.2) is 36.4 Å². The molecule has 0 bridgehead atoms. The van der Waals surface area contributed by atoms with E-state index in [4.69, 9.17) is 5.73 Å². The first kappa shape index (κ1) is 18.9. The lowest BCUT2D eigenvalue weighted by molar-refractivity contribution is 0.0974. The van der Waals surface area contributed by atoms with E-state index in [1.807, 2.05) is 13.1 Å².